The van der Waals surface area contributed by atoms with Crippen molar-refractivity contribution in [3.05, 3.63) is 129 Å². The zero-order chi connectivity index (χ0) is 23.7. The van der Waals surface area contributed by atoms with E-state index in [2.05, 4.69) is 23.5 Å². The van der Waals surface area contributed by atoms with E-state index in [0.29, 0.717) is 33.4 Å². The summed E-state index contributed by atoms with van der Waals surface area (Å²) in [6.45, 7) is 0.489. The Kier molecular flexibility index (Phi) is 6.10. The Balaban J connectivity index is 1.40. The van der Waals surface area contributed by atoms with Crippen molar-refractivity contribution in [1.82, 2.24) is 0 Å². The van der Waals surface area contributed by atoms with Gasteiger partial charge in [-0.25, -0.2) is 0 Å². The van der Waals surface area contributed by atoms with Crippen LogP contribution in [0.1, 0.15) is 37.4 Å². The lowest BCUT2D eigenvalue weighted by Crippen LogP contribution is -2.30. The van der Waals surface area contributed by atoms with E-state index < -0.39 is 0 Å². The van der Waals surface area contributed by atoms with Crippen LogP contribution in [0.2, 0.25) is 10.0 Å². The molecular formula is C28H20Cl2N2O2. The highest BCUT2D eigenvalue weighted by atomic mass is 35.5. The molecule has 0 spiro atoms. The summed E-state index contributed by atoms with van der Waals surface area (Å²) in [6, 6.07) is 27.7. The third-order valence-electron chi connectivity index (χ3n) is 5.93. The highest BCUT2D eigenvalue weighted by Crippen LogP contribution is 2.32. The topological polar surface area (TPSA) is 49.4 Å². The minimum atomic E-state index is -0.322. The molecular weight excluding hydrogens is 467 g/mol. The van der Waals surface area contributed by atoms with Crippen molar-refractivity contribution < 1.29 is 9.59 Å². The molecule has 0 unspecified atom stereocenters. The number of amides is 2. The van der Waals surface area contributed by atoms with Crippen LogP contribution in [0, 0.1) is 0 Å². The summed E-state index contributed by atoms with van der Waals surface area (Å²) in [5.74, 6) is -0.436. The van der Waals surface area contributed by atoms with Crippen molar-refractivity contribution in [3.63, 3.8) is 0 Å². The number of nitrogens with one attached hydrogen (secondary N) is 1. The Morgan fingerprint density at radius 3 is 2.12 bits per heavy atom. The number of carbonyl (C=O) groups is 2. The van der Waals surface area contributed by atoms with Gasteiger partial charge in [0.05, 0.1) is 17.3 Å². The van der Waals surface area contributed by atoms with Gasteiger partial charge in [-0.1, -0.05) is 65.7 Å². The summed E-state index contributed by atoms with van der Waals surface area (Å²) in [4.78, 5) is 28.1. The number of hydrogen-bond acceptors (Lipinski definition) is 2. The Morgan fingerprint density at radius 1 is 0.735 bits per heavy atom. The highest BCUT2D eigenvalue weighted by Gasteiger charge is 2.25. The monoisotopic (exact) mass is 486 g/mol. The van der Waals surface area contributed by atoms with Crippen molar-refractivity contribution in [3.8, 4) is 0 Å². The Morgan fingerprint density at radius 2 is 1.38 bits per heavy atom. The SMILES string of the molecule is O=C(Nc1ccc(Cl)cc1Cl)c1ccc(C(=O)N2Cc3ccccc3Cc3ccccc32)cc1. The van der Waals surface area contributed by atoms with E-state index in [1.54, 1.807) is 42.5 Å². The lowest BCUT2D eigenvalue weighted by molar-refractivity contribution is 0.0982. The van der Waals surface area contributed by atoms with E-state index >= 15 is 0 Å². The third kappa shape index (κ3) is 4.43. The van der Waals surface area contributed by atoms with Gasteiger partial charge < -0.3 is 10.2 Å². The van der Waals surface area contributed by atoms with Gasteiger partial charge in [-0.3, -0.25) is 9.59 Å². The van der Waals surface area contributed by atoms with Crippen molar-refractivity contribution >= 4 is 46.4 Å². The van der Waals surface area contributed by atoms with Crippen LogP contribution in [-0.2, 0) is 13.0 Å². The predicted octanol–water partition coefficient (Wildman–Crippen LogP) is 7.00. The van der Waals surface area contributed by atoms with Crippen LogP contribution >= 0.6 is 23.2 Å². The minimum absolute atomic E-state index is 0.114. The van der Waals surface area contributed by atoms with Crippen LogP contribution in [0.25, 0.3) is 0 Å². The number of benzene rings is 4. The molecule has 1 heterocycles. The van der Waals surface area contributed by atoms with Gasteiger partial charge in [-0.05, 0) is 71.6 Å². The molecule has 1 aliphatic rings. The zero-order valence-electron chi connectivity index (χ0n) is 18.1. The fourth-order valence-corrected chi connectivity index (χ4v) is 4.61. The van der Waals surface area contributed by atoms with Crippen LogP contribution in [0.15, 0.2) is 91.0 Å². The Labute approximate surface area is 207 Å². The first-order valence-corrected chi connectivity index (χ1v) is 11.6. The summed E-state index contributed by atoms with van der Waals surface area (Å²) in [7, 11) is 0. The lowest BCUT2D eigenvalue weighted by Gasteiger charge is -2.23. The summed E-state index contributed by atoms with van der Waals surface area (Å²) in [5, 5.41) is 3.62. The standard InChI is InChI=1S/C28H20Cl2N2O2/c29-23-13-14-25(24(30)16-23)31-27(33)18-9-11-19(12-10-18)28(34)32-17-22-7-2-1-5-20(22)15-21-6-3-4-8-26(21)32/h1-14,16H,15,17H2,(H,31,33). The Bertz CT molecular complexity index is 1400. The van der Waals surface area contributed by atoms with Gasteiger partial charge in [0.25, 0.3) is 11.8 Å². The van der Waals surface area contributed by atoms with Crippen LogP contribution in [0.5, 0.6) is 0 Å². The summed E-state index contributed by atoms with van der Waals surface area (Å²) in [6.07, 6.45) is 0.780. The van der Waals surface area contributed by atoms with E-state index in [1.165, 1.54) is 5.56 Å². The van der Waals surface area contributed by atoms with E-state index in [0.717, 1.165) is 23.2 Å². The van der Waals surface area contributed by atoms with Gasteiger partial charge in [0, 0.05) is 21.8 Å². The van der Waals surface area contributed by atoms with Gasteiger partial charge in [-0.2, -0.15) is 0 Å². The molecule has 0 radical (unpaired) electrons. The molecule has 4 aromatic rings. The number of rotatable bonds is 3. The molecule has 0 atom stereocenters. The number of anilines is 2. The maximum Gasteiger partial charge on any atom is 0.258 e. The molecule has 0 aromatic heterocycles. The summed E-state index contributed by atoms with van der Waals surface area (Å²) >= 11 is 12.1. The van der Waals surface area contributed by atoms with Gasteiger partial charge in [0.1, 0.15) is 0 Å². The quantitative estimate of drug-likeness (QED) is 0.338. The lowest BCUT2D eigenvalue weighted by atomic mass is 10.0. The molecule has 5 rings (SSSR count). The molecule has 0 bridgehead atoms. The molecule has 2 amide bonds. The molecule has 6 heteroatoms. The first-order chi connectivity index (χ1) is 16.5. The maximum absolute atomic E-state index is 13.6. The molecule has 4 nitrogen and oxygen atoms in total. The van der Waals surface area contributed by atoms with Crippen LogP contribution in [-0.4, -0.2) is 11.8 Å². The first kappa shape index (κ1) is 22.2. The van der Waals surface area contributed by atoms with Crippen molar-refractivity contribution in [2.45, 2.75) is 13.0 Å². The third-order valence-corrected chi connectivity index (χ3v) is 6.48. The predicted molar refractivity (Wildman–Crippen MR) is 137 cm³/mol. The molecule has 0 fully saturated rings. The van der Waals surface area contributed by atoms with Gasteiger partial charge >= 0.3 is 0 Å². The maximum atomic E-state index is 13.6. The number of para-hydroxylation sites is 1. The van der Waals surface area contributed by atoms with Crippen molar-refractivity contribution in [2.24, 2.45) is 0 Å². The van der Waals surface area contributed by atoms with Crippen molar-refractivity contribution in [1.29, 1.82) is 0 Å². The second kappa shape index (κ2) is 9.34. The zero-order valence-corrected chi connectivity index (χ0v) is 19.6. The smallest absolute Gasteiger partial charge is 0.258 e. The molecule has 0 saturated carbocycles. The molecule has 1 aliphatic heterocycles. The van der Waals surface area contributed by atoms with E-state index in [4.69, 9.17) is 23.2 Å². The van der Waals surface area contributed by atoms with E-state index in [1.807, 2.05) is 35.2 Å². The fourth-order valence-electron chi connectivity index (χ4n) is 4.16. The first-order valence-electron chi connectivity index (χ1n) is 10.8. The molecule has 0 aliphatic carbocycles. The number of nitrogens with zero attached hydrogens (tertiary/aromatic N) is 1. The van der Waals surface area contributed by atoms with Crippen molar-refractivity contribution in [2.75, 3.05) is 10.2 Å². The van der Waals surface area contributed by atoms with Crippen LogP contribution in [0.4, 0.5) is 11.4 Å². The molecule has 168 valence electrons. The van der Waals surface area contributed by atoms with E-state index in [-0.39, 0.29) is 11.8 Å². The average Bonchev–Trinajstić information content (AvgIpc) is 3.02. The fraction of sp³-hybridized carbons (Fsp3) is 0.0714. The summed E-state index contributed by atoms with van der Waals surface area (Å²) in [5.41, 5.74) is 5.76. The minimum Gasteiger partial charge on any atom is -0.321 e. The largest absolute Gasteiger partial charge is 0.321 e. The van der Waals surface area contributed by atoms with Gasteiger partial charge in [-0.15, -0.1) is 0 Å². The number of hydrogen-bond donors (Lipinski definition) is 1. The molecule has 1 N–H and O–H groups in total. The highest BCUT2D eigenvalue weighted by molar-refractivity contribution is 6.36. The van der Waals surface area contributed by atoms with Crippen LogP contribution < -0.4 is 10.2 Å². The number of carbonyl (C=O) groups excluding carboxylic acids is 2. The molecule has 4 aromatic carbocycles. The second-order valence-electron chi connectivity index (χ2n) is 8.12. The van der Waals surface area contributed by atoms with E-state index in [9.17, 15) is 9.59 Å². The molecule has 0 saturated heterocycles. The average molecular weight is 487 g/mol. The van der Waals surface area contributed by atoms with Gasteiger partial charge in [0.15, 0.2) is 0 Å². The normalized spacial score (nSPS) is 12.4. The number of halogens is 2. The Hall–Kier alpha value is -3.60. The number of fused-ring (bicyclic) bond motifs is 2. The van der Waals surface area contributed by atoms with Crippen LogP contribution in [0.3, 0.4) is 0 Å². The van der Waals surface area contributed by atoms with Gasteiger partial charge in [0.2, 0.25) is 0 Å². The molecule has 34 heavy (non-hydrogen) atoms. The summed E-state index contributed by atoms with van der Waals surface area (Å²) < 4.78 is 0. The second-order valence-corrected chi connectivity index (χ2v) is 8.96.